The second-order valence-corrected chi connectivity index (χ2v) is 4.94. The fraction of sp³-hybridized carbons (Fsp3) is 0.143. The van der Waals surface area contributed by atoms with Crippen LogP contribution >= 0.6 is 0 Å². The minimum atomic E-state index is -1.10. The van der Waals surface area contributed by atoms with Gasteiger partial charge in [-0.25, -0.2) is 4.21 Å². The third-order valence-electron chi connectivity index (χ3n) is 1.90. The van der Waals surface area contributed by atoms with Crippen molar-refractivity contribution in [2.75, 3.05) is 11.0 Å². The highest BCUT2D eigenvalue weighted by Crippen LogP contribution is 2.19. The summed E-state index contributed by atoms with van der Waals surface area (Å²) in [5, 5.41) is 0. The van der Waals surface area contributed by atoms with Crippen molar-refractivity contribution in [2.45, 2.75) is 6.92 Å². The number of benzene rings is 1. The van der Waals surface area contributed by atoms with Crippen molar-refractivity contribution < 1.29 is 8.95 Å². The van der Waals surface area contributed by atoms with E-state index in [-0.39, 0.29) is 0 Å². The van der Waals surface area contributed by atoms with Gasteiger partial charge < -0.3 is 9.46 Å². The van der Waals surface area contributed by atoms with Crippen molar-refractivity contribution in [1.82, 2.24) is 0 Å². The molecule has 1 N–H and O–H groups in total. The van der Waals surface area contributed by atoms with Crippen molar-refractivity contribution in [1.29, 1.82) is 0 Å². The molecule has 0 aliphatic rings. The molecule has 0 aromatic heterocycles. The van der Waals surface area contributed by atoms with E-state index in [1.54, 1.807) is 18.4 Å². The Kier molecular flexibility index (Phi) is 5.39. The molecule has 1 unspecified atom stereocenters. The average Bonchev–Trinajstić information content (AvgIpc) is 2.26. The van der Waals surface area contributed by atoms with Gasteiger partial charge in [-0.2, -0.15) is 0 Å². The van der Waals surface area contributed by atoms with Crippen LogP contribution < -0.4 is 9.46 Å². The number of nitrogens with one attached hydrogen (secondary N) is 1. The van der Waals surface area contributed by atoms with E-state index in [1.807, 2.05) is 31.2 Å². The van der Waals surface area contributed by atoms with Crippen LogP contribution in [0.3, 0.4) is 0 Å². The molecule has 96 valence electrons. The van der Waals surface area contributed by atoms with Gasteiger partial charge in [-0.05, 0) is 25.1 Å². The van der Waals surface area contributed by atoms with Gasteiger partial charge in [-0.1, -0.05) is 30.9 Å². The van der Waals surface area contributed by atoms with Crippen molar-refractivity contribution in [3.63, 3.8) is 0 Å². The Morgan fingerprint density at radius 3 is 2.72 bits per heavy atom. The largest absolute Gasteiger partial charge is 0.458 e. The molecule has 0 saturated heterocycles. The maximum Gasteiger partial charge on any atom is 0.129 e. The van der Waals surface area contributed by atoms with Crippen LogP contribution in [0.25, 0.3) is 0 Å². The first-order valence-corrected chi connectivity index (χ1v) is 6.93. The molecule has 1 aromatic rings. The molecule has 0 fully saturated rings. The monoisotopic (exact) mass is 263 g/mol. The second-order valence-electron chi connectivity index (χ2n) is 3.83. The molecule has 0 aliphatic carbocycles. The van der Waals surface area contributed by atoms with E-state index in [1.165, 1.54) is 0 Å². The smallest absolute Gasteiger partial charge is 0.129 e. The van der Waals surface area contributed by atoms with E-state index >= 15 is 0 Å². The van der Waals surface area contributed by atoms with Gasteiger partial charge in [0.2, 0.25) is 0 Å². The summed E-state index contributed by atoms with van der Waals surface area (Å²) >= 11 is 0. The van der Waals surface area contributed by atoms with Crippen LogP contribution in [0.5, 0.6) is 5.75 Å². The Bertz CT molecular complexity index is 506. The number of hydrogen-bond acceptors (Lipinski definition) is 2. The van der Waals surface area contributed by atoms with Crippen molar-refractivity contribution in [3.8, 4) is 5.75 Å². The molecule has 18 heavy (non-hydrogen) atoms. The zero-order valence-corrected chi connectivity index (χ0v) is 11.4. The van der Waals surface area contributed by atoms with Gasteiger partial charge in [-0.3, -0.25) is 0 Å². The zero-order chi connectivity index (χ0) is 13.5. The number of hydrogen-bond donors (Lipinski definition) is 1. The Balaban J connectivity index is 2.70. The van der Waals surface area contributed by atoms with Crippen LogP contribution in [0.4, 0.5) is 5.69 Å². The molecule has 0 radical (unpaired) electrons. The predicted octanol–water partition coefficient (Wildman–Crippen LogP) is 3.42. The number of ether oxygens (including phenoxy) is 1. The zero-order valence-electron chi connectivity index (χ0n) is 10.6. The predicted molar refractivity (Wildman–Crippen MR) is 77.9 cm³/mol. The Morgan fingerprint density at radius 1 is 1.39 bits per heavy atom. The Labute approximate surface area is 110 Å². The van der Waals surface area contributed by atoms with Crippen molar-refractivity contribution >= 4 is 16.7 Å². The molecule has 1 rings (SSSR count). The first-order valence-electron chi connectivity index (χ1n) is 5.38. The molecular formula is C14H17NO2S. The number of rotatable bonds is 6. The van der Waals surface area contributed by atoms with E-state index in [4.69, 9.17) is 4.74 Å². The average molecular weight is 263 g/mol. The minimum absolute atomic E-state index is 0.521. The fourth-order valence-electron chi connectivity index (χ4n) is 1.21. The second kappa shape index (κ2) is 6.81. The van der Waals surface area contributed by atoms with Crippen molar-refractivity contribution in [3.05, 3.63) is 60.9 Å². The molecule has 3 nitrogen and oxygen atoms in total. The standard InChI is InChI=1S/C14H17NO2S/c1-11(2)8-9-12(3)17-14-7-5-6-13(10-14)15-18(4)16/h5-10,15H,1,3H2,2,4H3/b9-8-. The van der Waals surface area contributed by atoms with Gasteiger partial charge in [0, 0.05) is 18.0 Å². The normalized spacial score (nSPS) is 12.1. The summed E-state index contributed by atoms with van der Waals surface area (Å²) in [6, 6.07) is 7.21. The van der Waals surface area contributed by atoms with Crippen LogP contribution in [0.1, 0.15) is 6.92 Å². The maximum absolute atomic E-state index is 11.0. The Hall–Kier alpha value is -1.81. The molecule has 0 aliphatic heterocycles. The molecule has 0 amide bonds. The third kappa shape index (κ3) is 5.50. The summed E-state index contributed by atoms with van der Waals surface area (Å²) in [6.07, 6.45) is 5.15. The van der Waals surface area contributed by atoms with Crippen LogP contribution in [0.2, 0.25) is 0 Å². The third-order valence-corrected chi connectivity index (χ3v) is 2.42. The van der Waals surface area contributed by atoms with Crippen molar-refractivity contribution in [2.24, 2.45) is 0 Å². The van der Waals surface area contributed by atoms with Gasteiger partial charge in [0.25, 0.3) is 0 Å². The highest BCUT2D eigenvalue weighted by Gasteiger charge is 1.99. The Morgan fingerprint density at radius 2 is 2.11 bits per heavy atom. The molecule has 4 heteroatoms. The van der Waals surface area contributed by atoms with Crippen LogP contribution in [0.15, 0.2) is 60.9 Å². The molecule has 0 saturated carbocycles. The maximum atomic E-state index is 11.0. The molecular weight excluding hydrogens is 246 g/mol. The van der Waals surface area contributed by atoms with E-state index in [0.717, 1.165) is 11.3 Å². The molecule has 1 aromatic carbocycles. The van der Waals surface area contributed by atoms with Gasteiger partial charge in [0.05, 0.1) is 0 Å². The molecule has 0 bridgehead atoms. The van der Waals surface area contributed by atoms with Gasteiger partial charge >= 0.3 is 0 Å². The van der Waals surface area contributed by atoms with Crippen LogP contribution in [-0.4, -0.2) is 10.5 Å². The quantitative estimate of drug-likeness (QED) is 0.631. The lowest BCUT2D eigenvalue weighted by molar-refractivity contribution is 0.447. The van der Waals surface area contributed by atoms with E-state index in [9.17, 15) is 4.21 Å². The summed E-state index contributed by atoms with van der Waals surface area (Å²) < 4.78 is 19.4. The van der Waals surface area contributed by atoms with E-state index in [2.05, 4.69) is 17.9 Å². The minimum Gasteiger partial charge on any atom is -0.458 e. The van der Waals surface area contributed by atoms with Crippen LogP contribution in [-0.2, 0) is 11.0 Å². The van der Waals surface area contributed by atoms with Gasteiger partial charge in [0.1, 0.15) is 22.5 Å². The SMILES string of the molecule is C=C(C)/C=C\C(=C)Oc1cccc(NS(C)=O)c1. The summed E-state index contributed by atoms with van der Waals surface area (Å²) in [5.41, 5.74) is 1.67. The number of anilines is 1. The van der Waals surface area contributed by atoms with E-state index in [0.29, 0.717) is 11.5 Å². The highest BCUT2D eigenvalue weighted by molar-refractivity contribution is 7.85. The number of allylic oxidation sites excluding steroid dienone is 3. The highest BCUT2D eigenvalue weighted by atomic mass is 32.2. The molecule has 0 spiro atoms. The summed E-state index contributed by atoms with van der Waals surface area (Å²) in [6.45, 7) is 9.43. The topological polar surface area (TPSA) is 38.3 Å². The van der Waals surface area contributed by atoms with Gasteiger partial charge in [0.15, 0.2) is 0 Å². The lowest BCUT2D eigenvalue weighted by atomic mass is 10.3. The summed E-state index contributed by atoms with van der Waals surface area (Å²) in [4.78, 5) is 0. The molecule has 0 heterocycles. The lowest BCUT2D eigenvalue weighted by Crippen LogP contribution is -2.01. The van der Waals surface area contributed by atoms with E-state index < -0.39 is 11.0 Å². The molecule has 1 atom stereocenters. The first kappa shape index (κ1) is 14.3. The first-order chi connectivity index (χ1) is 8.47. The van der Waals surface area contributed by atoms with Crippen LogP contribution in [0, 0.1) is 0 Å². The summed E-state index contributed by atoms with van der Waals surface area (Å²) in [7, 11) is -1.10. The van der Waals surface area contributed by atoms with Gasteiger partial charge in [-0.15, -0.1) is 0 Å². The fourth-order valence-corrected chi connectivity index (χ4v) is 1.67. The lowest BCUT2D eigenvalue weighted by Gasteiger charge is -2.07. The summed E-state index contributed by atoms with van der Waals surface area (Å²) in [5.74, 6) is 1.16.